The highest BCUT2D eigenvalue weighted by atomic mass is 32.1. The van der Waals surface area contributed by atoms with E-state index in [-0.39, 0.29) is 18.0 Å². The number of nitrogens with zero attached hydrogens (tertiary/aromatic N) is 5. The van der Waals surface area contributed by atoms with Gasteiger partial charge in [0.05, 0.1) is 30.0 Å². The van der Waals surface area contributed by atoms with Crippen molar-refractivity contribution in [2.24, 2.45) is 0 Å². The van der Waals surface area contributed by atoms with E-state index in [1.165, 1.54) is 17.0 Å². The van der Waals surface area contributed by atoms with Crippen LogP contribution in [0.2, 0.25) is 0 Å². The van der Waals surface area contributed by atoms with E-state index in [0.717, 1.165) is 72.8 Å². The molecule has 37 heavy (non-hydrogen) atoms. The van der Waals surface area contributed by atoms with E-state index < -0.39 is 0 Å². The Morgan fingerprint density at radius 1 is 1.08 bits per heavy atom. The maximum Gasteiger partial charge on any atom is 0.163 e. The zero-order chi connectivity index (χ0) is 25.6. The van der Waals surface area contributed by atoms with E-state index in [4.69, 9.17) is 14.7 Å². The van der Waals surface area contributed by atoms with E-state index in [9.17, 15) is 9.50 Å². The van der Waals surface area contributed by atoms with Gasteiger partial charge in [-0.05, 0) is 38.1 Å². The molecule has 2 aliphatic rings. The van der Waals surface area contributed by atoms with Gasteiger partial charge in [-0.1, -0.05) is 0 Å². The number of benzene rings is 1. The first-order valence-corrected chi connectivity index (χ1v) is 13.7. The average Bonchev–Trinajstić information content (AvgIpc) is 3.55. The molecule has 0 spiro atoms. The molecule has 1 aromatic carbocycles. The fourth-order valence-corrected chi connectivity index (χ4v) is 6.46. The Labute approximate surface area is 219 Å². The molecule has 4 aromatic rings. The molecular weight excluding hydrogens is 491 g/mol. The van der Waals surface area contributed by atoms with E-state index in [2.05, 4.69) is 39.6 Å². The molecule has 0 amide bonds. The number of piperazine rings is 1. The lowest BCUT2D eigenvalue weighted by Gasteiger charge is -2.43. The molecule has 8 nitrogen and oxygen atoms in total. The van der Waals surface area contributed by atoms with Crippen LogP contribution < -0.4 is 4.90 Å². The Balaban J connectivity index is 1.34. The Kier molecular flexibility index (Phi) is 6.62. The summed E-state index contributed by atoms with van der Waals surface area (Å²) < 4.78 is 21.2. The molecule has 2 N–H and O–H groups in total. The van der Waals surface area contributed by atoms with Crippen LogP contribution in [0.25, 0.3) is 32.5 Å². The van der Waals surface area contributed by atoms with Gasteiger partial charge < -0.3 is 19.7 Å². The van der Waals surface area contributed by atoms with Crippen LogP contribution in [0, 0.1) is 5.82 Å². The second kappa shape index (κ2) is 9.92. The number of hydrogen-bond acceptors (Lipinski definition) is 8. The molecule has 0 saturated carbocycles. The molecule has 2 aliphatic heterocycles. The Morgan fingerprint density at radius 2 is 1.86 bits per heavy atom. The van der Waals surface area contributed by atoms with Gasteiger partial charge in [-0.2, -0.15) is 0 Å². The number of aliphatic hydroxyl groups is 1. The minimum atomic E-state index is -0.309. The number of nitrogens with one attached hydrogen (secondary N) is 1. The van der Waals surface area contributed by atoms with Gasteiger partial charge in [-0.3, -0.25) is 9.80 Å². The molecule has 3 aromatic heterocycles. The summed E-state index contributed by atoms with van der Waals surface area (Å²) in [5.74, 6) is 1.14. The van der Waals surface area contributed by atoms with Gasteiger partial charge in [0.15, 0.2) is 11.6 Å². The predicted octanol–water partition coefficient (Wildman–Crippen LogP) is 3.70. The summed E-state index contributed by atoms with van der Waals surface area (Å²) in [6, 6.07) is 7.15. The predicted molar refractivity (Wildman–Crippen MR) is 146 cm³/mol. The average molecular weight is 525 g/mol. The van der Waals surface area contributed by atoms with Gasteiger partial charge in [-0.15, -0.1) is 11.3 Å². The van der Waals surface area contributed by atoms with Crippen molar-refractivity contribution in [3.05, 3.63) is 41.2 Å². The lowest BCUT2D eigenvalue weighted by atomic mass is 10.0. The minimum absolute atomic E-state index is 0.162. The molecule has 0 aliphatic carbocycles. The molecule has 2 saturated heterocycles. The summed E-state index contributed by atoms with van der Waals surface area (Å²) in [6.07, 6.45) is 1.82. The van der Waals surface area contributed by atoms with Crippen LogP contribution in [0.1, 0.15) is 18.7 Å². The third-order valence-corrected chi connectivity index (χ3v) is 8.69. The first-order valence-electron chi connectivity index (χ1n) is 12.9. The normalized spacial score (nSPS) is 18.3. The summed E-state index contributed by atoms with van der Waals surface area (Å²) in [5.41, 5.74) is 2.15. The number of anilines is 1. The molecule has 10 heteroatoms. The van der Waals surface area contributed by atoms with Crippen LogP contribution in [-0.4, -0.2) is 94.5 Å². The summed E-state index contributed by atoms with van der Waals surface area (Å²) in [5, 5.41) is 10.6. The van der Waals surface area contributed by atoms with Crippen molar-refractivity contribution in [3.8, 4) is 11.4 Å². The molecule has 2 fully saturated rings. The number of halogens is 1. The number of ether oxygens (including phenoxy) is 1. The van der Waals surface area contributed by atoms with Crippen LogP contribution in [0.3, 0.4) is 0 Å². The number of thiophene rings is 1. The fourth-order valence-electron chi connectivity index (χ4n) is 5.30. The van der Waals surface area contributed by atoms with Crippen molar-refractivity contribution in [3.63, 3.8) is 0 Å². The number of aliphatic hydroxyl groups excluding tert-OH is 1. The maximum absolute atomic E-state index is 14.5. The zero-order valence-electron chi connectivity index (χ0n) is 21.3. The van der Waals surface area contributed by atoms with Crippen LogP contribution >= 0.6 is 11.3 Å². The molecular formula is C27H33FN6O2S. The molecule has 0 atom stereocenters. The summed E-state index contributed by atoms with van der Waals surface area (Å²) >= 11 is 1.75. The van der Waals surface area contributed by atoms with Crippen molar-refractivity contribution < 1.29 is 14.2 Å². The first-order chi connectivity index (χ1) is 17.9. The fraction of sp³-hybridized carbons (Fsp3) is 0.481. The van der Waals surface area contributed by atoms with Crippen LogP contribution in [0.15, 0.2) is 30.5 Å². The lowest BCUT2D eigenvalue weighted by Crippen LogP contribution is -2.55. The van der Waals surface area contributed by atoms with E-state index in [1.54, 1.807) is 11.3 Å². The summed E-state index contributed by atoms with van der Waals surface area (Å²) in [7, 11) is 0. The maximum atomic E-state index is 14.5. The molecule has 0 bridgehead atoms. The second-order valence-electron chi connectivity index (χ2n) is 10.5. The van der Waals surface area contributed by atoms with E-state index in [0.29, 0.717) is 24.6 Å². The Morgan fingerprint density at radius 3 is 2.62 bits per heavy atom. The van der Waals surface area contributed by atoms with Crippen molar-refractivity contribution in [2.45, 2.75) is 25.9 Å². The van der Waals surface area contributed by atoms with Crippen LogP contribution in [-0.2, 0) is 11.3 Å². The monoisotopic (exact) mass is 524 g/mol. The minimum Gasteiger partial charge on any atom is -0.394 e. The second-order valence-corrected chi connectivity index (χ2v) is 11.7. The van der Waals surface area contributed by atoms with Crippen molar-refractivity contribution in [1.82, 2.24) is 24.8 Å². The molecule has 196 valence electrons. The van der Waals surface area contributed by atoms with Gasteiger partial charge in [-0.25, -0.2) is 14.4 Å². The van der Waals surface area contributed by atoms with Crippen molar-refractivity contribution in [2.75, 3.05) is 64.0 Å². The number of hydrogen-bond donors (Lipinski definition) is 2. The van der Waals surface area contributed by atoms with Crippen molar-refractivity contribution >= 4 is 38.3 Å². The van der Waals surface area contributed by atoms with Gasteiger partial charge in [0.25, 0.3) is 0 Å². The largest absolute Gasteiger partial charge is 0.394 e. The Hall–Kier alpha value is -2.63. The first kappa shape index (κ1) is 24.7. The highest BCUT2D eigenvalue weighted by molar-refractivity contribution is 7.19. The summed E-state index contributed by atoms with van der Waals surface area (Å²) in [6.45, 7) is 11.9. The van der Waals surface area contributed by atoms with Crippen molar-refractivity contribution in [1.29, 1.82) is 0 Å². The standard InChI is InChI=1S/C27H33FN6O2S/c1-27(2,17-35)34-7-5-32(6-8-34)16-19-15-23-24(37-19)26(33-9-11-36-12-10-33)31-25(30-23)21-13-18(28)14-22-20(21)3-4-29-22/h3-4,13-15,29,35H,5-12,16-17H2,1-2H3. The number of aromatic amines is 1. The van der Waals surface area contributed by atoms with Gasteiger partial charge in [0.1, 0.15) is 5.82 Å². The molecule has 0 unspecified atom stereocenters. The quantitative estimate of drug-likeness (QED) is 0.398. The summed E-state index contributed by atoms with van der Waals surface area (Å²) in [4.78, 5) is 21.4. The van der Waals surface area contributed by atoms with Gasteiger partial charge in [0, 0.05) is 78.9 Å². The van der Waals surface area contributed by atoms with Gasteiger partial charge >= 0.3 is 0 Å². The van der Waals surface area contributed by atoms with E-state index in [1.807, 2.05) is 12.3 Å². The molecule has 5 heterocycles. The number of H-pyrrole nitrogens is 1. The highest BCUT2D eigenvalue weighted by Crippen LogP contribution is 2.37. The zero-order valence-corrected chi connectivity index (χ0v) is 22.2. The number of fused-ring (bicyclic) bond motifs is 2. The third-order valence-electron chi connectivity index (χ3n) is 7.58. The number of rotatable bonds is 6. The Bertz CT molecular complexity index is 1400. The SMILES string of the molecule is CC(C)(CO)N1CCN(Cc2cc3nc(-c4cc(F)cc5[nH]ccc45)nc(N4CCOCC4)c3s2)CC1. The third kappa shape index (κ3) is 4.84. The van der Waals surface area contributed by atoms with Crippen LogP contribution in [0.5, 0.6) is 0 Å². The highest BCUT2D eigenvalue weighted by Gasteiger charge is 2.29. The van der Waals surface area contributed by atoms with E-state index >= 15 is 0 Å². The lowest BCUT2D eigenvalue weighted by molar-refractivity contribution is 0.0151. The number of morpholine rings is 1. The number of aromatic nitrogens is 3. The smallest absolute Gasteiger partial charge is 0.163 e. The molecule has 0 radical (unpaired) electrons. The van der Waals surface area contributed by atoms with Gasteiger partial charge in [0.2, 0.25) is 0 Å². The molecule has 6 rings (SSSR count). The topological polar surface area (TPSA) is 80.8 Å². The van der Waals surface area contributed by atoms with Crippen LogP contribution in [0.4, 0.5) is 10.2 Å².